The van der Waals surface area contributed by atoms with Gasteiger partial charge in [0.25, 0.3) is 5.91 Å². The molecule has 1 amide bonds. The van der Waals surface area contributed by atoms with Crippen LogP contribution in [0.5, 0.6) is 11.5 Å². The smallest absolute Gasteiger partial charge is 0.264 e. The number of thiazole rings is 1. The van der Waals surface area contributed by atoms with E-state index in [0.29, 0.717) is 16.6 Å². The van der Waals surface area contributed by atoms with Crippen LogP contribution in [0.3, 0.4) is 0 Å². The van der Waals surface area contributed by atoms with Crippen molar-refractivity contribution in [3.63, 3.8) is 0 Å². The van der Waals surface area contributed by atoms with E-state index in [1.165, 1.54) is 31.1 Å². The Balaban J connectivity index is 1.73. The lowest BCUT2D eigenvalue weighted by atomic mass is 10.1. The first kappa shape index (κ1) is 21.7. The monoisotopic (exact) mass is 441 g/mol. The number of ether oxygens (including phenoxy) is 2. The Labute approximate surface area is 185 Å². The normalized spacial score (nSPS) is 10.4. The minimum absolute atomic E-state index is 0.148. The number of methoxy groups -OCH3 is 2. The summed E-state index contributed by atoms with van der Waals surface area (Å²) in [6.45, 7) is 4.13. The van der Waals surface area contributed by atoms with Crippen LogP contribution >= 0.6 is 23.6 Å². The number of carbonyl (C=O) groups is 1. The Morgan fingerprint density at radius 3 is 2.30 bits per heavy atom. The van der Waals surface area contributed by atoms with Crippen LogP contribution in [-0.4, -0.2) is 30.2 Å². The molecule has 0 bridgehead atoms. The molecule has 156 valence electrons. The maximum Gasteiger partial charge on any atom is 0.264 e. The zero-order valence-corrected chi connectivity index (χ0v) is 18.9. The zero-order chi connectivity index (χ0) is 21.7. The molecule has 1 heterocycles. The summed E-state index contributed by atoms with van der Waals surface area (Å²) in [7, 11) is 2.99. The van der Waals surface area contributed by atoms with E-state index in [9.17, 15) is 4.79 Å². The van der Waals surface area contributed by atoms with Gasteiger partial charge in [-0.2, -0.15) is 0 Å². The number of amides is 1. The number of nitrogens with one attached hydrogen (secondary N) is 2. The molecule has 0 radical (unpaired) electrons. The summed E-state index contributed by atoms with van der Waals surface area (Å²) < 4.78 is 10.6. The molecule has 0 aliphatic heterocycles. The molecule has 1 aromatic heterocycles. The third-order valence-electron chi connectivity index (χ3n) is 4.53. The first-order valence-electron chi connectivity index (χ1n) is 9.36. The zero-order valence-electron chi connectivity index (χ0n) is 17.2. The Morgan fingerprint density at radius 1 is 1.10 bits per heavy atom. The van der Waals surface area contributed by atoms with Crippen LogP contribution in [0.15, 0.2) is 42.5 Å². The van der Waals surface area contributed by atoms with Crippen molar-refractivity contribution in [1.29, 1.82) is 0 Å². The molecule has 0 aliphatic carbocycles. The van der Waals surface area contributed by atoms with Gasteiger partial charge in [0.1, 0.15) is 17.1 Å². The van der Waals surface area contributed by atoms with Gasteiger partial charge in [0, 0.05) is 10.4 Å². The van der Waals surface area contributed by atoms with Gasteiger partial charge in [0.15, 0.2) is 10.2 Å². The average molecular weight is 442 g/mol. The van der Waals surface area contributed by atoms with E-state index in [1.807, 2.05) is 6.92 Å². The minimum Gasteiger partial charge on any atom is -0.496 e. The van der Waals surface area contributed by atoms with Gasteiger partial charge < -0.3 is 14.8 Å². The van der Waals surface area contributed by atoms with E-state index >= 15 is 0 Å². The van der Waals surface area contributed by atoms with Gasteiger partial charge in [0.05, 0.1) is 19.9 Å². The summed E-state index contributed by atoms with van der Waals surface area (Å²) in [4.78, 5) is 18.4. The summed E-state index contributed by atoms with van der Waals surface area (Å²) in [5, 5.41) is 6.42. The first-order valence-corrected chi connectivity index (χ1v) is 10.6. The van der Waals surface area contributed by atoms with E-state index in [0.717, 1.165) is 22.6 Å². The number of carbonyl (C=O) groups excluding carboxylic acids is 1. The molecule has 0 saturated heterocycles. The minimum atomic E-state index is -0.426. The fourth-order valence-electron chi connectivity index (χ4n) is 2.99. The SMILES string of the molecule is CCc1ccc(-c2nc(NC(=S)NC(=O)c3c(OC)cccc3OC)sc2C)cc1. The number of thiocarbonyl (C=S) groups is 1. The fourth-order valence-corrected chi connectivity index (χ4v) is 4.08. The molecule has 6 nitrogen and oxygen atoms in total. The highest BCUT2D eigenvalue weighted by Crippen LogP contribution is 2.31. The predicted octanol–water partition coefficient (Wildman–Crippen LogP) is 4.82. The predicted molar refractivity (Wildman–Crippen MR) is 125 cm³/mol. The number of hydrogen-bond donors (Lipinski definition) is 2. The van der Waals surface area contributed by atoms with Gasteiger partial charge in [-0.05, 0) is 43.3 Å². The molecule has 3 aromatic rings. The van der Waals surface area contributed by atoms with Crippen molar-refractivity contribution in [2.75, 3.05) is 19.5 Å². The van der Waals surface area contributed by atoms with Gasteiger partial charge >= 0.3 is 0 Å². The highest BCUT2D eigenvalue weighted by molar-refractivity contribution is 7.80. The summed E-state index contributed by atoms with van der Waals surface area (Å²) in [6, 6.07) is 13.5. The lowest BCUT2D eigenvalue weighted by Crippen LogP contribution is -2.34. The van der Waals surface area contributed by atoms with E-state index in [-0.39, 0.29) is 10.7 Å². The van der Waals surface area contributed by atoms with Crippen LogP contribution in [0.2, 0.25) is 0 Å². The molecule has 30 heavy (non-hydrogen) atoms. The van der Waals surface area contributed by atoms with Crippen LogP contribution in [-0.2, 0) is 6.42 Å². The van der Waals surface area contributed by atoms with Gasteiger partial charge in [-0.1, -0.05) is 37.3 Å². The second kappa shape index (κ2) is 9.69. The number of aromatic nitrogens is 1. The van der Waals surface area contributed by atoms with Crippen molar-refractivity contribution < 1.29 is 14.3 Å². The van der Waals surface area contributed by atoms with Crippen LogP contribution in [0, 0.1) is 6.92 Å². The third-order valence-corrected chi connectivity index (χ3v) is 5.62. The largest absolute Gasteiger partial charge is 0.496 e. The van der Waals surface area contributed by atoms with Crippen molar-refractivity contribution in [1.82, 2.24) is 10.3 Å². The van der Waals surface area contributed by atoms with Crippen LogP contribution in [0.25, 0.3) is 11.3 Å². The third kappa shape index (κ3) is 4.77. The average Bonchev–Trinajstić information content (AvgIpc) is 3.12. The number of anilines is 1. The second-order valence-corrected chi connectivity index (χ2v) is 8.03. The molecule has 3 rings (SSSR count). The molecule has 0 spiro atoms. The van der Waals surface area contributed by atoms with Gasteiger partial charge in [-0.25, -0.2) is 4.98 Å². The number of benzene rings is 2. The lowest BCUT2D eigenvalue weighted by Gasteiger charge is -2.13. The summed E-state index contributed by atoms with van der Waals surface area (Å²) in [5.74, 6) is 0.376. The van der Waals surface area contributed by atoms with Crippen LogP contribution in [0.1, 0.15) is 27.7 Å². The van der Waals surface area contributed by atoms with E-state index in [4.69, 9.17) is 21.7 Å². The topological polar surface area (TPSA) is 72.5 Å². The lowest BCUT2D eigenvalue weighted by molar-refractivity contribution is 0.0971. The summed E-state index contributed by atoms with van der Waals surface area (Å²) >= 11 is 6.79. The molecule has 0 aliphatic rings. The molecule has 0 atom stereocenters. The Kier molecular flexibility index (Phi) is 7.02. The van der Waals surface area contributed by atoms with Crippen LogP contribution < -0.4 is 20.1 Å². The van der Waals surface area contributed by atoms with Crippen LogP contribution in [0.4, 0.5) is 5.13 Å². The fraction of sp³-hybridized carbons (Fsp3) is 0.227. The molecular formula is C22H23N3O3S2. The van der Waals surface area contributed by atoms with Crippen molar-refractivity contribution in [3.8, 4) is 22.8 Å². The van der Waals surface area contributed by atoms with Crippen molar-refractivity contribution in [2.45, 2.75) is 20.3 Å². The van der Waals surface area contributed by atoms with Crippen molar-refractivity contribution in [3.05, 3.63) is 58.5 Å². The summed E-state index contributed by atoms with van der Waals surface area (Å²) in [6.07, 6.45) is 0.994. The number of rotatable bonds is 6. The maximum atomic E-state index is 12.7. The van der Waals surface area contributed by atoms with E-state index in [1.54, 1.807) is 18.2 Å². The standard InChI is InChI=1S/C22H23N3O3S2/c1-5-14-9-11-15(12-10-14)19-13(2)30-22(23-19)25-21(29)24-20(26)18-16(27-3)7-6-8-17(18)28-4/h6-12H,5H2,1-4H3,(H2,23,24,25,26,29). The van der Waals surface area contributed by atoms with Crippen molar-refractivity contribution >= 4 is 39.7 Å². The second-order valence-electron chi connectivity index (χ2n) is 6.42. The molecule has 0 unspecified atom stereocenters. The Morgan fingerprint density at radius 2 is 1.73 bits per heavy atom. The number of hydrogen-bond acceptors (Lipinski definition) is 6. The Hall–Kier alpha value is -2.97. The molecular weight excluding hydrogens is 418 g/mol. The van der Waals surface area contributed by atoms with E-state index < -0.39 is 5.91 Å². The van der Waals surface area contributed by atoms with Gasteiger partial charge in [-0.15, -0.1) is 11.3 Å². The van der Waals surface area contributed by atoms with Gasteiger partial charge in [0.2, 0.25) is 0 Å². The highest BCUT2D eigenvalue weighted by atomic mass is 32.1. The summed E-state index contributed by atoms with van der Waals surface area (Å²) in [5.41, 5.74) is 3.49. The quantitative estimate of drug-likeness (QED) is 0.534. The number of nitrogens with zero attached hydrogens (tertiary/aromatic N) is 1. The molecule has 8 heteroatoms. The van der Waals surface area contributed by atoms with Gasteiger partial charge in [-0.3, -0.25) is 10.1 Å². The van der Waals surface area contributed by atoms with E-state index in [2.05, 4.69) is 46.8 Å². The molecule has 0 saturated carbocycles. The molecule has 2 N–H and O–H groups in total. The Bertz CT molecular complexity index is 1040. The number of aryl methyl sites for hydroxylation is 2. The van der Waals surface area contributed by atoms with Crippen molar-refractivity contribution in [2.24, 2.45) is 0 Å². The highest BCUT2D eigenvalue weighted by Gasteiger charge is 2.20. The first-order chi connectivity index (χ1) is 14.5. The molecule has 2 aromatic carbocycles. The molecule has 0 fully saturated rings. The maximum absolute atomic E-state index is 12.7.